The van der Waals surface area contributed by atoms with E-state index in [4.69, 9.17) is 4.42 Å². The van der Waals surface area contributed by atoms with Crippen LogP contribution in [0.3, 0.4) is 0 Å². The molecule has 0 saturated heterocycles. The van der Waals surface area contributed by atoms with Crippen LogP contribution < -0.4 is 0 Å². The minimum atomic E-state index is -0.926. The van der Waals surface area contributed by atoms with E-state index >= 15 is 0 Å². The molecule has 0 fully saturated rings. The van der Waals surface area contributed by atoms with Crippen LogP contribution >= 0.6 is 0 Å². The van der Waals surface area contributed by atoms with Crippen molar-refractivity contribution < 1.29 is 9.52 Å². The van der Waals surface area contributed by atoms with E-state index in [1.54, 1.807) is 12.5 Å². The van der Waals surface area contributed by atoms with Crippen LogP contribution in [-0.4, -0.2) is 5.11 Å². The van der Waals surface area contributed by atoms with Gasteiger partial charge in [0, 0.05) is 5.56 Å². The van der Waals surface area contributed by atoms with Crippen molar-refractivity contribution in [3.8, 4) is 0 Å². The highest BCUT2D eigenvalue weighted by Crippen LogP contribution is 2.34. The zero-order chi connectivity index (χ0) is 12.1. The molecule has 0 saturated carbocycles. The van der Waals surface area contributed by atoms with Crippen molar-refractivity contribution in [2.45, 2.75) is 31.8 Å². The summed E-state index contributed by atoms with van der Waals surface area (Å²) < 4.78 is 5.10. The lowest BCUT2D eigenvalue weighted by molar-refractivity contribution is 0.0678. The maximum absolute atomic E-state index is 10.9. The molecule has 1 unspecified atom stereocenters. The SMILES string of the molecule is CCCCC(O)(c1ccccc1)c1ccoc1. The largest absolute Gasteiger partial charge is 0.472 e. The maximum Gasteiger partial charge on any atom is 0.118 e. The maximum atomic E-state index is 10.9. The number of hydrogen-bond acceptors (Lipinski definition) is 2. The molecule has 17 heavy (non-hydrogen) atoms. The summed E-state index contributed by atoms with van der Waals surface area (Å²) >= 11 is 0. The molecule has 2 aromatic rings. The molecule has 0 aliphatic carbocycles. The molecule has 1 aromatic carbocycles. The monoisotopic (exact) mass is 230 g/mol. The third kappa shape index (κ3) is 2.42. The Hall–Kier alpha value is -1.54. The van der Waals surface area contributed by atoms with E-state index in [2.05, 4.69) is 6.92 Å². The second-order valence-corrected chi connectivity index (χ2v) is 4.34. The molecule has 1 atom stereocenters. The summed E-state index contributed by atoms with van der Waals surface area (Å²) in [6, 6.07) is 11.6. The Kier molecular flexibility index (Phi) is 3.64. The van der Waals surface area contributed by atoms with Gasteiger partial charge in [0.1, 0.15) is 5.60 Å². The van der Waals surface area contributed by atoms with Crippen molar-refractivity contribution in [3.05, 3.63) is 60.1 Å². The smallest absolute Gasteiger partial charge is 0.118 e. The number of benzene rings is 1. The van der Waals surface area contributed by atoms with Crippen LogP contribution in [0.5, 0.6) is 0 Å². The summed E-state index contributed by atoms with van der Waals surface area (Å²) in [5.74, 6) is 0. The molecule has 2 heteroatoms. The lowest BCUT2D eigenvalue weighted by Crippen LogP contribution is -2.26. The molecule has 2 nitrogen and oxygen atoms in total. The van der Waals surface area contributed by atoms with Crippen molar-refractivity contribution in [2.24, 2.45) is 0 Å². The van der Waals surface area contributed by atoms with Gasteiger partial charge in [-0.1, -0.05) is 50.1 Å². The molecule has 2 rings (SSSR count). The minimum absolute atomic E-state index is 0.715. The fourth-order valence-corrected chi connectivity index (χ4v) is 2.10. The molecule has 0 aliphatic rings. The standard InChI is InChI=1S/C15H18O2/c1-2-3-10-15(16,14-9-11-17-12-14)13-7-5-4-6-8-13/h4-9,11-12,16H,2-3,10H2,1H3. The summed E-state index contributed by atoms with van der Waals surface area (Å²) in [5, 5.41) is 10.9. The topological polar surface area (TPSA) is 33.4 Å². The van der Waals surface area contributed by atoms with Gasteiger partial charge in [-0.05, 0) is 18.1 Å². The van der Waals surface area contributed by atoms with E-state index in [0.29, 0.717) is 6.42 Å². The Morgan fingerprint density at radius 3 is 2.47 bits per heavy atom. The van der Waals surface area contributed by atoms with Crippen molar-refractivity contribution in [1.82, 2.24) is 0 Å². The van der Waals surface area contributed by atoms with Gasteiger partial charge in [-0.2, -0.15) is 0 Å². The van der Waals surface area contributed by atoms with Gasteiger partial charge >= 0.3 is 0 Å². The van der Waals surface area contributed by atoms with E-state index in [1.165, 1.54) is 0 Å². The number of rotatable bonds is 5. The third-order valence-corrected chi connectivity index (χ3v) is 3.14. The highest BCUT2D eigenvalue weighted by Gasteiger charge is 2.31. The lowest BCUT2D eigenvalue weighted by atomic mass is 9.84. The fraction of sp³-hybridized carbons (Fsp3) is 0.333. The molecule has 0 amide bonds. The molecule has 90 valence electrons. The number of furan rings is 1. The molecule has 0 spiro atoms. The van der Waals surface area contributed by atoms with E-state index < -0.39 is 5.60 Å². The van der Waals surface area contributed by atoms with E-state index in [-0.39, 0.29) is 0 Å². The Morgan fingerprint density at radius 2 is 1.88 bits per heavy atom. The quantitative estimate of drug-likeness (QED) is 0.849. The average Bonchev–Trinajstić information content (AvgIpc) is 2.91. The molecule has 0 radical (unpaired) electrons. The molecule has 1 heterocycles. The van der Waals surface area contributed by atoms with Crippen molar-refractivity contribution in [3.63, 3.8) is 0 Å². The first-order chi connectivity index (χ1) is 8.27. The summed E-state index contributed by atoms with van der Waals surface area (Å²) in [7, 11) is 0. The van der Waals surface area contributed by atoms with Crippen LogP contribution in [0.4, 0.5) is 0 Å². The van der Waals surface area contributed by atoms with Gasteiger partial charge in [0.2, 0.25) is 0 Å². The second kappa shape index (κ2) is 5.19. The molecule has 0 bridgehead atoms. The molecule has 1 aromatic heterocycles. The highest BCUT2D eigenvalue weighted by molar-refractivity contribution is 5.33. The Morgan fingerprint density at radius 1 is 1.12 bits per heavy atom. The van der Waals surface area contributed by atoms with E-state index in [0.717, 1.165) is 24.0 Å². The predicted octanol–water partition coefficient (Wildman–Crippen LogP) is 3.71. The van der Waals surface area contributed by atoms with Crippen LogP contribution in [0.25, 0.3) is 0 Å². The van der Waals surface area contributed by atoms with Gasteiger partial charge in [-0.25, -0.2) is 0 Å². The van der Waals surface area contributed by atoms with Crippen LogP contribution in [0.1, 0.15) is 37.3 Å². The van der Waals surface area contributed by atoms with Crippen LogP contribution in [0, 0.1) is 0 Å². The number of hydrogen-bond donors (Lipinski definition) is 1. The van der Waals surface area contributed by atoms with Crippen molar-refractivity contribution in [1.29, 1.82) is 0 Å². The van der Waals surface area contributed by atoms with Crippen LogP contribution in [-0.2, 0) is 5.60 Å². The van der Waals surface area contributed by atoms with Gasteiger partial charge < -0.3 is 9.52 Å². The molecular formula is C15H18O2. The van der Waals surface area contributed by atoms with Crippen molar-refractivity contribution >= 4 is 0 Å². The summed E-state index contributed by atoms with van der Waals surface area (Å²) in [4.78, 5) is 0. The summed E-state index contributed by atoms with van der Waals surface area (Å²) in [6.07, 6.45) is 5.99. The van der Waals surface area contributed by atoms with Gasteiger partial charge in [-0.15, -0.1) is 0 Å². The first kappa shape index (κ1) is 11.9. The molecular weight excluding hydrogens is 212 g/mol. The summed E-state index contributed by atoms with van der Waals surface area (Å²) in [6.45, 7) is 2.13. The predicted molar refractivity (Wildman–Crippen MR) is 67.7 cm³/mol. The lowest BCUT2D eigenvalue weighted by Gasteiger charge is -2.27. The van der Waals surface area contributed by atoms with Gasteiger partial charge in [0.25, 0.3) is 0 Å². The van der Waals surface area contributed by atoms with Crippen molar-refractivity contribution in [2.75, 3.05) is 0 Å². The zero-order valence-electron chi connectivity index (χ0n) is 10.1. The average molecular weight is 230 g/mol. The second-order valence-electron chi connectivity index (χ2n) is 4.34. The van der Waals surface area contributed by atoms with Gasteiger partial charge in [0.15, 0.2) is 0 Å². The highest BCUT2D eigenvalue weighted by atomic mass is 16.3. The number of aliphatic hydroxyl groups is 1. The van der Waals surface area contributed by atoms with Gasteiger partial charge in [-0.3, -0.25) is 0 Å². The Balaban J connectivity index is 2.37. The summed E-state index contributed by atoms with van der Waals surface area (Å²) in [5.41, 5.74) is 0.830. The van der Waals surface area contributed by atoms with Gasteiger partial charge in [0.05, 0.1) is 12.5 Å². The third-order valence-electron chi connectivity index (χ3n) is 3.14. The van der Waals surface area contributed by atoms with Crippen LogP contribution in [0.2, 0.25) is 0 Å². The first-order valence-electron chi connectivity index (χ1n) is 6.08. The Bertz CT molecular complexity index is 433. The number of unbranched alkanes of at least 4 members (excludes halogenated alkanes) is 1. The normalized spacial score (nSPS) is 14.5. The van der Waals surface area contributed by atoms with Crippen LogP contribution in [0.15, 0.2) is 53.3 Å². The zero-order valence-corrected chi connectivity index (χ0v) is 10.1. The molecule has 1 N–H and O–H groups in total. The molecule has 0 aliphatic heterocycles. The fourth-order valence-electron chi connectivity index (χ4n) is 2.10. The Labute approximate surface area is 102 Å². The van der Waals surface area contributed by atoms with E-state index in [1.807, 2.05) is 36.4 Å². The first-order valence-corrected chi connectivity index (χ1v) is 6.08. The van der Waals surface area contributed by atoms with E-state index in [9.17, 15) is 5.11 Å². The minimum Gasteiger partial charge on any atom is -0.472 e.